The Hall–Kier alpha value is -2.31. The molecule has 0 N–H and O–H groups in total. The third-order valence-electron chi connectivity index (χ3n) is 4.91. The predicted octanol–water partition coefficient (Wildman–Crippen LogP) is 5.78. The van der Waals surface area contributed by atoms with Crippen LogP contribution in [-0.2, 0) is 12.6 Å². The first-order valence-electron chi connectivity index (χ1n) is 9.67. The van der Waals surface area contributed by atoms with Gasteiger partial charge in [-0.15, -0.1) is 0 Å². The van der Waals surface area contributed by atoms with Crippen LogP contribution in [-0.4, -0.2) is 23.1 Å². The first-order chi connectivity index (χ1) is 13.2. The van der Waals surface area contributed by atoms with Gasteiger partial charge in [0, 0.05) is 18.9 Å². The normalized spacial score (nSPS) is 15.2. The lowest BCUT2D eigenvalue weighted by molar-refractivity contribution is -0.137. The monoisotopic (exact) mass is 393 g/mol. The molecule has 0 radical (unpaired) electrons. The Morgan fingerprint density at radius 1 is 1.14 bits per heavy atom. The topological polar surface area (TPSA) is 38.2 Å². The maximum atomic E-state index is 13.5. The summed E-state index contributed by atoms with van der Waals surface area (Å²) in [6.45, 7) is 4.25. The molecule has 1 heterocycles. The maximum absolute atomic E-state index is 13.5. The van der Waals surface area contributed by atoms with Crippen molar-refractivity contribution in [3.63, 3.8) is 0 Å². The van der Waals surface area contributed by atoms with Crippen molar-refractivity contribution in [3.05, 3.63) is 41.6 Å². The van der Waals surface area contributed by atoms with E-state index >= 15 is 0 Å². The standard InChI is InChI=1S/C21H26F3N3O/c1-14(2)12-15-8-10-16(11-9-15)27(3)19-18(21(22,23)24)13-25-20(26-19)28-17-6-4-5-7-17/h8-11,13-14,17H,4-7,12H2,1-3H3. The molecular weight excluding hydrogens is 367 g/mol. The van der Waals surface area contributed by atoms with Gasteiger partial charge in [-0.25, -0.2) is 4.98 Å². The summed E-state index contributed by atoms with van der Waals surface area (Å²) in [6, 6.07) is 7.51. The van der Waals surface area contributed by atoms with E-state index in [0.29, 0.717) is 11.6 Å². The van der Waals surface area contributed by atoms with Gasteiger partial charge in [0.1, 0.15) is 11.7 Å². The van der Waals surface area contributed by atoms with Gasteiger partial charge in [0.05, 0.1) is 0 Å². The molecule has 7 heteroatoms. The first kappa shape index (κ1) is 20.4. The third kappa shape index (κ3) is 4.94. The minimum Gasteiger partial charge on any atom is -0.460 e. The molecule has 2 aromatic rings. The molecular formula is C21H26F3N3O. The molecule has 1 aliphatic rings. The van der Waals surface area contributed by atoms with Crippen LogP contribution < -0.4 is 9.64 Å². The molecule has 1 aromatic carbocycles. The van der Waals surface area contributed by atoms with Crippen molar-refractivity contribution in [1.82, 2.24) is 9.97 Å². The highest BCUT2D eigenvalue weighted by Gasteiger charge is 2.37. The van der Waals surface area contributed by atoms with Crippen LogP contribution in [0.25, 0.3) is 0 Å². The van der Waals surface area contributed by atoms with Gasteiger partial charge in [0.25, 0.3) is 0 Å². The second-order valence-corrected chi connectivity index (χ2v) is 7.74. The summed E-state index contributed by atoms with van der Waals surface area (Å²) in [4.78, 5) is 9.37. The van der Waals surface area contributed by atoms with Crippen LogP contribution in [0.4, 0.5) is 24.7 Å². The van der Waals surface area contributed by atoms with Gasteiger partial charge in [0.2, 0.25) is 0 Å². The van der Waals surface area contributed by atoms with E-state index in [0.717, 1.165) is 43.9 Å². The lowest BCUT2D eigenvalue weighted by Crippen LogP contribution is -2.20. The molecule has 28 heavy (non-hydrogen) atoms. The molecule has 0 atom stereocenters. The van der Waals surface area contributed by atoms with Gasteiger partial charge in [-0.3, -0.25) is 0 Å². The zero-order valence-corrected chi connectivity index (χ0v) is 16.5. The van der Waals surface area contributed by atoms with E-state index in [1.807, 2.05) is 24.3 Å². The van der Waals surface area contributed by atoms with Crippen LogP contribution in [0, 0.1) is 5.92 Å². The van der Waals surface area contributed by atoms with Gasteiger partial charge in [-0.05, 0) is 55.7 Å². The highest BCUT2D eigenvalue weighted by Crippen LogP contribution is 2.38. The lowest BCUT2D eigenvalue weighted by Gasteiger charge is -2.23. The van der Waals surface area contributed by atoms with Crippen LogP contribution in [0.1, 0.15) is 50.7 Å². The fourth-order valence-electron chi connectivity index (χ4n) is 3.47. The SMILES string of the molecule is CC(C)Cc1ccc(N(C)c2nc(OC3CCCC3)ncc2C(F)(F)F)cc1. The molecule has 0 bridgehead atoms. The Balaban J connectivity index is 1.90. The highest BCUT2D eigenvalue weighted by atomic mass is 19.4. The second kappa shape index (κ2) is 8.37. The van der Waals surface area contributed by atoms with E-state index in [2.05, 4.69) is 23.8 Å². The van der Waals surface area contributed by atoms with Crippen molar-refractivity contribution in [2.24, 2.45) is 5.92 Å². The second-order valence-electron chi connectivity index (χ2n) is 7.74. The number of anilines is 2. The Morgan fingerprint density at radius 2 is 1.79 bits per heavy atom. The average molecular weight is 393 g/mol. The Morgan fingerprint density at radius 3 is 2.36 bits per heavy atom. The Labute approximate surface area is 163 Å². The smallest absolute Gasteiger partial charge is 0.421 e. The zero-order valence-electron chi connectivity index (χ0n) is 16.5. The molecule has 1 saturated carbocycles. The van der Waals surface area contributed by atoms with E-state index in [1.165, 1.54) is 4.90 Å². The number of alkyl halides is 3. The molecule has 0 saturated heterocycles. The van der Waals surface area contributed by atoms with Crippen molar-refractivity contribution in [3.8, 4) is 6.01 Å². The fourth-order valence-corrected chi connectivity index (χ4v) is 3.47. The maximum Gasteiger partial charge on any atom is 0.421 e. The summed E-state index contributed by atoms with van der Waals surface area (Å²) < 4.78 is 46.3. The van der Waals surface area contributed by atoms with Gasteiger partial charge in [0.15, 0.2) is 5.82 Å². The van der Waals surface area contributed by atoms with E-state index < -0.39 is 11.7 Å². The van der Waals surface area contributed by atoms with E-state index in [4.69, 9.17) is 4.74 Å². The van der Waals surface area contributed by atoms with Crippen LogP contribution >= 0.6 is 0 Å². The summed E-state index contributed by atoms with van der Waals surface area (Å²) in [5, 5.41) is 0. The molecule has 1 aromatic heterocycles. The molecule has 0 spiro atoms. The molecule has 0 amide bonds. The van der Waals surface area contributed by atoms with Crippen molar-refractivity contribution in [2.75, 3.05) is 11.9 Å². The number of aromatic nitrogens is 2. The largest absolute Gasteiger partial charge is 0.460 e. The number of halogens is 3. The molecule has 1 fully saturated rings. The first-order valence-corrected chi connectivity index (χ1v) is 9.67. The molecule has 152 valence electrons. The number of rotatable bonds is 6. The summed E-state index contributed by atoms with van der Waals surface area (Å²) in [5.74, 6) is 0.310. The van der Waals surface area contributed by atoms with Gasteiger partial charge >= 0.3 is 12.2 Å². The number of benzene rings is 1. The minimum absolute atomic E-state index is 0.00169. The summed E-state index contributed by atoms with van der Waals surface area (Å²) in [7, 11) is 1.58. The molecule has 0 unspecified atom stereocenters. The van der Waals surface area contributed by atoms with Gasteiger partial charge in [-0.1, -0.05) is 26.0 Å². The molecule has 4 nitrogen and oxygen atoms in total. The fraction of sp³-hybridized carbons (Fsp3) is 0.524. The van der Waals surface area contributed by atoms with Crippen LogP contribution in [0.15, 0.2) is 30.5 Å². The average Bonchev–Trinajstić information content (AvgIpc) is 3.13. The number of hydrogen-bond acceptors (Lipinski definition) is 4. The van der Waals surface area contributed by atoms with Crippen LogP contribution in [0.5, 0.6) is 6.01 Å². The third-order valence-corrected chi connectivity index (χ3v) is 4.91. The predicted molar refractivity (Wildman–Crippen MR) is 103 cm³/mol. The Kier molecular flexibility index (Phi) is 6.10. The van der Waals surface area contributed by atoms with Crippen LogP contribution in [0.2, 0.25) is 0 Å². The van der Waals surface area contributed by atoms with Crippen molar-refractivity contribution < 1.29 is 17.9 Å². The quantitative estimate of drug-likeness (QED) is 0.623. The summed E-state index contributed by atoms with van der Waals surface area (Å²) >= 11 is 0. The van der Waals surface area contributed by atoms with Crippen molar-refractivity contribution in [2.45, 2.75) is 58.2 Å². The molecule has 0 aliphatic heterocycles. The van der Waals surface area contributed by atoms with E-state index in [1.54, 1.807) is 7.05 Å². The van der Waals surface area contributed by atoms with Gasteiger partial charge in [-0.2, -0.15) is 18.2 Å². The Bertz CT molecular complexity index is 784. The minimum atomic E-state index is -4.55. The number of ether oxygens (including phenoxy) is 1. The number of hydrogen-bond donors (Lipinski definition) is 0. The summed E-state index contributed by atoms with van der Waals surface area (Å²) in [5.41, 5.74) is 0.902. The van der Waals surface area contributed by atoms with Crippen molar-refractivity contribution >= 4 is 11.5 Å². The highest BCUT2D eigenvalue weighted by molar-refractivity contribution is 5.63. The van der Waals surface area contributed by atoms with E-state index in [9.17, 15) is 13.2 Å². The summed E-state index contributed by atoms with van der Waals surface area (Å²) in [6.07, 6.45) is 1.04. The van der Waals surface area contributed by atoms with Crippen LogP contribution in [0.3, 0.4) is 0 Å². The van der Waals surface area contributed by atoms with E-state index in [-0.39, 0.29) is 17.9 Å². The van der Waals surface area contributed by atoms with Crippen molar-refractivity contribution in [1.29, 1.82) is 0 Å². The number of nitrogens with zero attached hydrogens (tertiary/aromatic N) is 3. The molecule has 1 aliphatic carbocycles. The lowest BCUT2D eigenvalue weighted by atomic mass is 10.0. The van der Waals surface area contributed by atoms with Gasteiger partial charge < -0.3 is 9.64 Å². The zero-order chi connectivity index (χ0) is 20.3. The molecule has 3 rings (SSSR count).